The molecule has 0 spiro atoms. The quantitative estimate of drug-likeness (QED) is 0.398. The fourth-order valence-corrected chi connectivity index (χ4v) is 4.02. The number of hydrogen-bond donors (Lipinski definition) is 3. The number of aliphatic hydroxyl groups excluding tert-OH is 1. The molecule has 0 bridgehead atoms. The lowest BCUT2D eigenvalue weighted by Gasteiger charge is -2.34. The van der Waals surface area contributed by atoms with E-state index in [-0.39, 0.29) is 19.1 Å². The van der Waals surface area contributed by atoms with Crippen LogP contribution in [0, 0.1) is 12.8 Å². The van der Waals surface area contributed by atoms with Crippen molar-refractivity contribution in [1.82, 2.24) is 10.2 Å². The number of nitrogens with one attached hydrogen (secondary N) is 2. The van der Waals surface area contributed by atoms with Gasteiger partial charge in [0.2, 0.25) is 5.91 Å². The van der Waals surface area contributed by atoms with Crippen molar-refractivity contribution in [2.24, 2.45) is 5.92 Å². The molecule has 0 fully saturated rings. The maximum atomic E-state index is 14.0. The summed E-state index contributed by atoms with van der Waals surface area (Å²) >= 11 is 0. The third-order valence-corrected chi connectivity index (χ3v) is 5.60. The smallest absolute Gasteiger partial charge is 0.408 e. The van der Waals surface area contributed by atoms with Gasteiger partial charge in [0.15, 0.2) is 0 Å². The molecule has 9 nitrogen and oxygen atoms in total. The molecule has 2 unspecified atom stereocenters. The van der Waals surface area contributed by atoms with Crippen molar-refractivity contribution in [1.29, 1.82) is 0 Å². The first-order valence-electron chi connectivity index (χ1n) is 12.8. The van der Waals surface area contributed by atoms with Crippen molar-refractivity contribution >= 4 is 23.6 Å². The maximum absolute atomic E-state index is 14.0. The molecule has 0 aliphatic carbocycles. The predicted octanol–water partition coefficient (Wildman–Crippen LogP) is 4.44. The Labute approximate surface area is 225 Å². The molecule has 2 aromatic carbocycles. The minimum absolute atomic E-state index is 0.0559. The average Bonchev–Trinajstić information content (AvgIpc) is 2.82. The van der Waals surface area contributed by atoms with Crippen molar-refractivity contribution in [2.75, 3.05) is 25.6 Å². The summed E-state index contributed by atoms with van der Waals surface area (Å²) in [6, 6.07) is 12.1. The fraction of sp³-hybridized carbons (Fsp3) is 0.483. The highest BCUT2D eigenvalue weighted by Crippen LogP contribution is 2.26. The molecule has 208 valence electrons. The number of alkyl carbamates (subject to hydrolysis) is 1. The van der Waals surface area contributed by atoms with Gasteiger partial charge in [-0.15, -0.1) is 0 Å². The summed E-state index contributed by atoms with van der Waals surface area (Å²) in [5.74, 6) is -0.251. The van der Waals surface area contributed by atoms with E-state index in [0.717, 1.165) is 5.56 Å². The van der Waals surface area contributed by atoms with E-state index in [1.54, 1.807) is 58.2 Å². The highest BCUT2D eigenvalue weighted by molar-refractivity contribution is 5.99. The monoisotopic (exact) mass is 527 g/mol. The zero-order chi connectivity index (χ0) is 28.5. The summed E-state index contributed by atoms with van der Waals surface area (Å²) < 4.78 is 10.6. The lowest BCUT2D eigenvalue weighted by molar-refractivity contribution is -0.141. The van der Waals surface area contributed by atoms with Gasteiger partial charge < -0.3 is 30.1 Å². The van der Waals surface area contributed by atoms with E-state index >= 15 is 0 Å². The van der Waals surface area contributed by atoms with Crippen LogP contribution in [0.5, 0.6) is 5.75 Å². The molecule has 38 heavy (non-hydrogen) atoms. The van der Waals surface area contributed by atoms with E-state index in [9.17, 15) is 19.5 Å². The summed E-state index contributed by atoms with van der Waals surface area (Å²) in [5.41, 5.74) is 1.27. The minimum atomic E-state index is -1.06. The van der Waals surface area contributed by atoms with Crippen LogP contribution in [0.2, 0.25) is 0 Å². The number of carbonyl (C=O) groups is 3. The van der Waals surface area contributed by atoms with E-state index in [1.165, 1.54) is 4.90 Å². The summed E-state index contributed by atoms with van der Waals surface area (Å²) in [5, 5.41) is 15.5. The number of methoxy groups -OCH3 is 1. The molecular formula is C29H41N3O6. The first-order valence-corrected chi connectivity index (χ1v) is 12.8. The largest absolute Gasteiger partial charge is 0.497 e. The summed E-state index contributed by atoms with van der Waals surface area (Å²) in [7, 11) is 1.55. The zero-order valence-electron chi connectivity index (χ0n) is 23.4. The van der Waals surface area contributed by atoms with Gasteiger partial charge in [0.1, 0.15) is 23.4 Å². The molecule has 9 heteroatoms. The van der Waals surface area contributed by atoms with Crippen LogP contribution in [0.4, 0.5) is 10.5 Å². The number of nitrogens with zero attached hydrogens (tertiary/aromatic N) is 1. The van der Waals surface area contributed by atoms with E-state index in [0.29, 0.717) is 23.4 Å². The summed E-state index contributed by atoms with van der Waals surface area (Å²) in [6.45, 7) is 10.5. The Morgan fingerprint density at radius 2 is 1.71 bits per heavy atom. The highest BCUT2D eigenvalue weighted by atomic mass is 16.6. The Kier molecular flexibility index (Phi) is 11.1. The molecule has 0 aliphatic heterocycles. The van der Waals surface area contributed by atoms with Crippen LogP contribution in [-0.2, 0) is 14.3 Å². The Bertz CT molecular complexity index is 1080. The van der Waals surface area contributed by atoms with Gasteiger partial charge in [-0.3, -0.25) is 9.59 Å². The van der Waals surface area contributed by atoms with Gasteiger partial charge in [0.05, 0.1) is 13.7 Å². The molecule has 3 N–H and O–H groups in total. The molecule has 3 amide bonds. The summed E-state index contributed by atoms with van der Waals surface area (Å²) in [4.78, 5) is 41.6. The van der Waals surface area contributed by atoms with Crippen LogP contribution < -0.4 is 15.4 Å². The Balaban J connectivity index is 2.47. The number of anilines is 1. The van der Waals surface area contributed by atoms with Gasteiger partial charge >= 0.3 is 6.09 Å². The van der Waals surface area contributed by atoms with Gasteiger partial charge in [-0.25, -0.2) is 4.79 Å². The third kappa shape index (κ3) is 9.37. The number of rotatable bonds is 11. The Hall–Kier alpha value is -3.59. The van der Waals surface area contributed by atoms with Gasteiger partial charge in [-0.05, 0) is 69.9 Å². The van der Waals surface area contributed by atoms with Crippen LogP contribution in [0.15, 0.2) is 48.5 Å². The van der Waals surface area contributed by atoms with Gasteiger partial charge in [-0.1, -0.05) is 43.7 Å². The second-order valence-electron chi connectivity index (χ2n) is 10.6. The van der Waals surface area contributed by atoms with Crippen LogP contribution >= 0.6 is 0 Å². The third-order valence-electron chi connectivity index (χ3n) is 5.60. The van der Waals surface area contributed by atoms with Crippen LogP contribution in [0.25, 0.3) is 0 Å². The first kappa shape index (κ1) is 30.6. The highest BCUT2D eigenvalue weighted by Gasteiger charge is 2.36. The van der Waals surface area contributed by atoms with Crippen molar-refractivity contribution in [2.45, 2.75) is 65.6 Å². The molecule has 0 radical (unpaired) electrons. The molecule has 0 saturated carbocycles. The number of carbonyl (C=O) groups excluding carboxylic acids is 3. The predicted molar refractivity (Wildman–Crippen MR) is 147 cm³/mol. The SMILES string of the molecule is COc1ccc(NC(=O)C(c2cccc(C)c2)N(CCO)C(=O)C(CC(C)C)NC(=O)OC(C)(C)C)cc1. The zero-order valence-corrected chi connectivity index (χ0v) is 23.4. The molecule has 2 rings (SSSR count). The number of benzene rings is 2. The first-order chi connectivity index (χ1) is 17.8. The van der Waals surface area contributed by atoms with Crippen molar-refractivity contribution in [3.05, 3.63) is 59.7 Å². The van der Waals surface area contributed by atoms with Crippen molar-refractivity contribution in [3.8, 4) is 5.75 Å². The van der Waals surface area contributed by atoms with E-state index < -0.39 is 35.6 Å². The number of ether oxygens (including phenoxy) is 2. The fourth-order valence-electron chi connectivity index (χ4n) is 4.02. The molecule has 0 aliphatic rings. The number of aliphatic hydroxyl groups is 1. The molecular weight excluding hydrogens is 486 g/mol. The molecule has 0 saturated heterocycles. The lowest BCUT2D eigenvalue weighted by atomic mass is 9.98. The van der Waals surface area contributed by atoms with Crippen molar-refractivity contribution in [3.63, 3.8) is 0 Å². The normalized spacial score (nSPS) is 12.9. The van der Waals surface area contributed by atoms with Gasteiger partial charge in [0, 0.05) is 12.2 Å². The Morgan fingerprint density at radius 1 is 1.05 bits per heavy atom. The van der Waals surface area contributed by atoms with Gasteiger partial charge in [0.25, 0.3) is 5.91 Å². The van der Waals surface area contributed by atoms with E-state index in [4.69, 9.17) is 9.47 Å². The average molecular weight is 528 g/mol. The second-order valence-corrected chi connectivity index (χ2v) is 10.6. The molecule has 0 aromatic heterocycles. The molecule has 2 atom stereocenters. The standard InChI is InChI=1S/C29H41N3O6/c1-19(2)17-24(31-28(36)38-29(4,5)6)27(35)32(15-16-33)25(21-10-8-9-20(3)18-21)26(34)30-22-11-13-23(37-7)14-12-22/h8-14,18-19,24-25,33H,15-17H2,1-7H3,(H,30,34)(H,31,36). The second kappa shape index (κ2) is 13.8. The van der Waals surface area contributed by atoms with Crippen LogP contribution in [0.3, 0.4) is 0 Å². The van der Waals surface area contributed by atoms with Gasteiger partial charge in [-0.2, -0.15) is 0 Å². The van der Waals surface area contributed by atoms with E-state index in [2.05, 4.69) is 10.6 Å². The summed E-state index contributed by atoms with van der Waals surface area (Å²) in [6.07, 6.45) is -0.407. The maximum Gasteiger partial charge on any atom is 0.408 e. The lowest BCUT2D eigenvalue weighted by Crippen LogP contribution is -2.53. The molecule has 2 aromatic rings. The van der Waals surface area contributed by atoms with Crippen LogP contribution in [0.1, 0.15) is 58.2 Å². The van der Waals surface area contributed by atoms with Crippen molar-refractivity contribution < 1.29 is 29.0 Å². The topological polar surface area (TPSA) is 117 Å². The Morgan fingerprint density at radius 3 is 2.24 bits per heavy atom. The minimum Gasteiger partial charge on any atom is -0.497 e. The van der Waals surface area contributed by atoms with E-state index in [1.807, 2.05) is 39.0 Å². The van der Waals surface area contributed by atoms with Crippen LogP contribution in [-0.4, -0.2) is 59.8 Å². The number of amides is 3. The molecule has 0 heterocycles. The number of aryl methyl sites for hydroxylation is 1. The number of hydrogen-bond acceptors (Lipinski definition) is 6.